The van der Waals surface area contributed by atoms with E-state index < -0.39 is 0 Å². The molecule has 0 N–H and O–H groups in total. The molecule has 0 amide bonds. The minimum atomic E-state index is 0.592. The van der Waals surface area contributed by atoms with Crippen molar-refractivity contribution in [3.8, 4) is 11.5 Å². The van der Waals surface area contributed by atoms with E-state index >= 15 is 0 Å². The number of pyridine rings is 2. The molecule has 2 aromatic heterocycles. The highest BCUT2D eigenvalue weighted by molar-refractivity contribution is 5.92. The summed E-state index contributed by atoms with van der Waals surface area (Å²) in [6.45, 7) is 4.58. The number of ether oxygens (including phenoxy) is 2. The molecular formula is C26H24N4O2. The Bertz CT molecular complexity index is 1150. The molecule has 160 valence electrons. The fourth-order valence-corrected chi connectivity index (χ4v) is 4.64. The first-order chi connectivity index (χ1) is 15.8. The van der Waals surface area contributed by atoms with Gasteiger partial charge >= 0.3 is 0 Å². The minimum Gasteiger partial charge on any atom is -0.478 e. The van der Waals surface area contributed by atoms with Crippen molar-refractivity contribution in [2.75, 3.05) is 13.5 Å². The maximum atomic E-state index is 6.12. The van der Waals surface area contributed by atoms with Crippen LogP contribution in [0.4, 0.5) is 0 Å². The molecule has 0 spiro atoms. The van der Waals surface area contributed by atoms with Crippen LogP contribution >= 0.6 is 0 Å². The summed E-state index contributed by atoms with van der Waals surface area (Å²) in [5.74, 6) is 1.96. The Morgan fingerprint density at radius 1 is 0.594 bits per heavy atom. The zero-order chi connectivity index (χ0) is 21.3. The third-order valence-electron chi connectivity index (χ3n) is 6.22. The highest BCUT2D eigenvalue weighted by atomic mass is 16.5. The molecule has 2 aromatic carbocycles. The number of rotatable bonds is 4. The van der Waals surface area contributed by atoms with Crippen LogP contribution in [-0.4, -0.2) is 33.2 Å². The van der Waals surface area contributed by atoms with Crippen LogP contribution in [0.2, 0.25) is 0 Å². The molecule has 0 atom stereocenters. The molecule has 4 heterocycles. The van der Waals surface area contributed by atoms with Gasteiger partial charge in [-0.2, -0.15) is 0 Å². The second-order valence-corrected chi connectivity index (χ2v) is 8.41. The lowest BCUT2D eigenvalue weighted by Gasteiger charge is -2.32. The number of nitrogens with zero attached hydrogens (tertiary/aromatic N) is 4. The van der Waals surface area contributed by atoms with E-state index in [-0.39, 0.29) is 0 Å². The molecule has 0 aliphatic carbocycles. The molecule has 6 rings (SSSR count). The van der Waals surface area contributed by atoms with Gasteiger partial charge in [-0.25, -0.2) is 0 Å². The fourth-order valence-electron chi connectivity index (χ4n) is 4.64. The van der Waals surface area contributed by atoms with Gasteiger partial charge in [0.25, 0.3) is 0 Å². The first kappa shape index (κ1) is 19.2. The molecule has 0 unspecified atom stereocenters. The Kier molecular flexibility index (Phi) is 4.94. The molecule has 6 nitrogen and oxygen atoms in total. The Morgan fingerprint density at radius 3 is 1.47 bits per heavy atom. The first-order valence-corrected chi connectivity index (χ1v) is 10.9. The smallest absolute Gasteiger partial charge is 0.142 e. The highest BCUT2D eigenvalue weighted by Crippen LogP contribution is 2.39. The zero-order valence-electron chi connectivity index (χ0n) is 17.8. The summed E-state index contributed by atoms with van der Waals surface area (Å²) in [6.07, 6.45) is 7.36. The third kappa shape index (κ3) is 3.68. The average molecular weight is 425 g/mol. The SMILES string of the molecule is c1cc(CN2COc3ccc4c5c(ccc4c3C2)OCN(Cc2ccncc2)C5)ccn1. The van der Waals surface area contributed by atoms with Gasteiger partial charge in [0.2, 0.25) is 0 Å². The van der Waals surface area contributed by atoms with Crippen LogP contribution in [0.25, 0.3) is 10.8 Å². The number of aromatic nitrogens is 2. The molecule has 6 heteroatoms. The van der Waals surface area contributed by atoms with Crippen LogP contribution < -0.4 is 9.47 Å². The Balaban J connectivity index is 1.30. The molecule has 0 saturated carbocycles. The first-order valence-electron chi connectivity index (χ1n) is 10.9. The van der Waals surface area contributed by atoms with E-state index in [1.165, 1.54) is 33.0 Å². The Hall–Kier alpha value is -3.48. The van der Waals surface area contributed by atoms with Crippen molar-refractivity contribution in [2.45, 2.75) is 26.2 Å². The van der Waals surface area contributed by atoms with Gasteiger partial charge in [-0.15, -0.1) is 0 Å². The second-order valence-electron chi connectivity index (χ2n) is 8.41. The summed E-state index contributed by atoms with van der Waals surface area (Å²) in [7, 11) is 0. The summed E-state index contributed by atoms with van der Waals surface area (Å²) in [4.78, 5) is 12.9. The summed E-state index contributed by atoms with van der Waals surface area (Å²) in [5.41, 5.74) is 4.98. The van der Waals surface area contributed by atoms with Gasteiger partial charge in [0.15, 0.2) is 0 Å². The number of benzene rings is 2. The van der Waals surface area contributed by atoms with Gasteiger partial charge in [-0.05, 0) is 58.3 Å². The van der Waals surface area contributed by atoms with E-state index in [1.54, 1.807) is 0 Å². The molecular weight excluding hydrogens is 400 g/mol. The van der Waals surface area contributed by atoms with Crippen LogP contribution in [-0.2, 0) is 26.2 Å². The number of fused-ring (bicyclic) bond motifs is 5. The van der Waals surface area contributed by atoms with Crippen molar-refractivity contribution in [3.05, 3.63) is 95.6 Å². The van der Waals surface area contributed by atoms with Gasteiger partial charge in [0.1, 0.15) is 25.0 Å². The Morgan fingerprint density at radius 2 is 1.03 bits per heavy atom. The summed E-state index contributed by atoms with van der Waals surface area (Å²) < 4.78 is 12.2. The van der Waals surface area contributed by atoms with Crippen molar-refractivity contribution >= 4 is 10.8 Å². The molecule has 32 heavy (non-hydrogen) atoms. The van der Waals surface area contributed by atoms with E-state index in [2.05, 4.69) is 68.3 Å². The van der Waals surface area contributed by atoms with Gasteiger partial charge in [-0.1, -0.05) is 12.1 Å². The molecule has 2 aliphatic heterocycles. The minimum absolute atomic E-state index is 0.592. The lowest BCUT2D eigenvalue weighted by atomic mass is 9.96. The van der Waals surface area contributed by atoms with Crippen LogP contribution in [0, 0.1) is 0 Å². The lowest BCUT2D eigenvalue weighted by Crippen LogP contribution is -2.32. The van der Waals surface area contributed by atoms with E-state index in [9.17, 15) is 0 Å². The monoisotopic (exact) mass is 424 g/mol. The van der Waals surface area contributed by atoms with Crippen molar-refractivity contribution in [1.82, 2.24) is 19.8 Å². The fraction of sp³-hybridized carbons (Fsp3) is 0.231. The zero-order valence-corrected chi connectivity index (χ0v) is 17.8. The number of hydrogen-bond donors (Lipinski definition) is 0. The maximum Gasteiger partial charge on any atom is 0.142 e. The van der Waals surface area contributed by atoms with Crippen molar-refractivity contribution < 1.29 is 9.47 Å². The van der Waals surface area contributed by atoms with E-state index in [1.807, 2.05) is 24.8 Å². The summed E-state index contributed by atoms with van der Waals surface area (Å²) >= 11 is 0. The maximum absolute atomic E-state index is 6.12. The highest BCUT2D eigenvalue weighted by Gasteiger charge is 2.24. The molecule has 0 fully saturated rings. The third-order valence-corrected chi connectivity index (χ3v) is 6.22. The van der Waals surface area contributed by atoms with E-state index in [4.69, 9.17) is 9.47 Å². The number of hydrogen-bond acceptors (Lipinski definition) is 6. The molecule has 2 aliphatic rings. The van der Waals surface area contributed by atoms with Crippen LogP contribution in [0.1, 0.15) is 22.3 Å². The van der Waals surface area contributed by atoms with E-state index in [0.717, 1.165) is 37.7 Å². The predicted octanol–water partition coefficient (Wildman–Crippen LogP) is 4.33. The average Bonchev–Trinajstić information content (AvgIpc) is 2.85. The standard InChI is InChI=1S/C26H24N4O2/c1-3-25-24(16-30(17-31-25)14-20-7-11-28-12-8-20)22-2-4-26-23(21(1)22)15-29(18-32-26)13-19-5-9-27-10-6-19/h1-12H,13-18H2. The topological polar surface area (TPSA) is 50.7 Å². The van der Waals surface area contributed by atoms with Crippen molar-refractivity contribution in [1.29, 1.82) is 0 Å². The summed E-state index contributed by atoms with van der Waals surface area (Å²) in [5, 5.41) is 2.49. The quantitative estimate of drug-likeness (QED) is 0.486. The summed E-state index contributed by atoms with van der Waals surface area (Å²) in [6, 6.07) is 16.8. The van der Waals surface area contributed by atoms with E-state index in [0.29, 0.717) is 13.5 Å². The van der Waals surface area contributed by atoms with Crippen LogP contribution in [0.3, 0.4) is 0 Å². The normalized spacial score (nSPS) is 16.1. The van der Waals surface area contributed by atoms with Gasteiger partial charge in [-0.3, -0.25) is 19.8 Å². The van der Waals surface area contributed by atoms with Gasteiger partial charge in [0, 0.05) is 62.1 Å². The van der Waals surface area contributed by atoms with Crippen LogP contribution in [0.5, 0.6) is 11.5 Å². The van der Waals surface area contributed by atoms with Gasteiger partial charge in [0.05, 0.1) is 0 Å². The Labute approximate surface area is 187 Å². The molecule has 0 saturated heterocycles. The molecule has 4 aromatic rings. The van der Waals surface area contributed by atoms with Gasteiger partial charge < -0.3 is 9.47 Å². The van der Waals surface area contributed by atoms with Crippen LogP contribution in [0.15, 0.2) is 73.3 Å². The second kappa shape index (κ2) is 8.22. The molecule has 0 bridgehead atoms. The largest absolute Gasteiger partial charge is 0.478 e. The van der Waals surface area contributed by atoms with Crippen molar-refractivity contribution in [2.24, 2.45) is 0 Å². The predicted molar refractivity (Wildman–Crippen MR) is 122 cm³/mol. The molecule has 0 radical (unpaired) electrons. The lowest BCUT2D eigenvalue weighted by molar-refractivity contribution is 0.0884. The van der Waals surface area contributed by atoms with Crippen molar-refractivity contribution in [3.63, 3.8) is 0 Å².